The van der Waals surface area contributed by atoms with Gasteiger partial charge in [-0.15, -0.1) is 0 Å². The van der Waals surface area contributed by atoms with Gasteiger partial charge in [-0.25, -0.2) is 15.0 Å². The second-order valence-corrected chi connectivity index (χ2v) is 12.8. The topological polar surface area (TPSA) is 43.6 Å². The minimum Gasteiger partial charge on any atom is -0.309 e. The number of hydrogen-bond donors (Lipinski definition) is 0. The highest BCUT2D eigenvalue weighted by atomic mass is 15.0. The Kier molecular flexibility index (Phi) is 6.78. The molecule has 0 spiro atoms. The molecule has 2 aromatic heterocycles. The van der Waals surface area contributed by atoms with Crippen molar-refractivity contribution in [2.75, 3.05) is 0 Å². The first-order valence-corrected chi connectivity index (χ1v) is 17.2. The maximum Gasteiger partial charge on any atom is 0.164 e. The molecule has 238 valence electrons. The van der Waals surface area contributed by atoms with Gasteiger partial charge < -0.3 is 4.57 Å². The number of nitrogens with zero attached hydrogens (tertiary/aromatic N) is 4. The third-order valence-electron chi connectivity index (χ3n) is 9.84. The van der Waals surface area contributed by atoms with Crippen LogP contribution in [0.1, 0.15) is 0 Å². The van der Waals surface area contributed by atoms with E-state index in [1.54, 1.807) is 0 Å². The second-order valence-electron chi connectivity index (χ2n) is 12.8. The molecule has 0 bridgehead atoms. The highest BCUT2D eigenvalue weighted by molar-refractivity contribution is 6.13. The SMILES string of the molecule is c1ccc(-c2nc(-c3ccc(-c4ccccc4)c(-n4c5ccccc5c5ccccc54)c3)nc(-c3cc4ccccc4c4ccccc34)n2)cc1. The molecule has 0 saturated heterocycles. The predicted molar refractivity (Wildman–Crippen MR) is 211 cm³/mol. The first kappa shape index (κ1) is 29.0. The Labute approximate surface area is 295 Å². The van der Waals surface area contributed by atoms with Crippen LogP contribution in [-0.2, 0) is 0 Å². The van der Waals surface area contributed by atoms with E-state index in [0.29, 0.717) is 17.5 Å². The average molecular weight is 651 g/mol. The predicted octanol–water partition coefficient (Wildman–Crippen LogP) is 11.9. The van der Waals surface area contributed by atoms with Gasteiger partial charge >= 0.3 is 0 Å². The summed E-state index contributed by atoms with van der Waals surface area (Å²) in [7, 11) is 0. The third-order valence-corrected chi connectivity index (χ3v) is 9.84. The summed E-state index contributed by atoms with van der Waals surface area (Å²) in [4.78, 5) is 15.6. The fourth-order valence-corrected chi connectivity index (χ4v) is 7.48. The molecular formula is C47H30N4. The zero-order chi connectivity index (χ0) is 33.7. The minimum absolute atomic E-state index is 0.623. The maximum absolute atomic E-state index is 5.27. The molecule has 10 aromatic rings. The lowest BCUT2D eigenvalue weighted by Crippen LogP contribution is -2.02. The Morgan fingerprint density at radius 2 is 0.824 bits per heavy atom. The van der Waals surface area contributed by atoms with Gasteiger partial charge in [0.15, 0.2) is 17.5 Å². The van der Waals surface area contributed by atoms with E-state index >= 15 is 0 Å². The van der Waals surface area contributed by atoms with Gasteiger partial charge in [-0.05, 0) is 51.4 Å². The molecule has 8 aromatic carbocycles. The lowest BCUT2D eigenvalue weighted by molar-refractivity contribution is 1.07. The summed E-state index contributed by atoms with van der Waals surface area (Å²) < 4.78 is 2.38. The van der Waals surface area contributed by atoms with E-state index in [-0.39, 0.29) is 0 Å². The molecule has 0 amide bonds. The van der Waals surface area contributed by atoms with E-state index in [1.165, 1.54) is 21.5 Å². The minimum atomic E-state index is 0.623. The molecule has 0 N–H and O–H groups in total. The van der Waals surface area contributed by atoms with Crippen molar-refractivity contribution in [1.82, 2.24) is 19.5 Å². The molecule has 4 nitrogen and oxygen atoms in total. The van der Waals surface area contributed by atoms with Crippen molar-refractivity contribution >= 4 is 43.4 Å². The zero-order valence-corrected chi connectivity index (χ0v) is 27.6. The van der Waals surface area contributed by atoms with Gasteiger partial charge in [0.25, 0.3) is 0 Å². The molecule has 2 heterocycles. The second kappa shape index (κ2) is 11.9. The van der Waals surface area contributed by atoms with Crippen molar-refractivity contribution in [2.45, 2.75) is 0 Å². The van der Waals surface area contributed by atoms with Crippen LogP contribution in [0.15, 0.2) is 182 Å². The van der Waals surface area contributed by atoms with Gasteiger partial charge in [-0.2, -0.15) is 0 Å². The van der Waals surface area contributed by atoms with Gasteiger partial charge in [0, 0.05) is 33.0 Å². The zero-order valence-electron chi connectivity index (χ0n) is 27.6. The highest BCUT2D eigenvalue weighted by Crippen LogP contribution is 2.39. The van der Waals surface area contributed by atoms with Crippen LogP contribution >= 0.6 is 0 Å². The Morgan fingerprint density at radius 3 is 1.51 bits per heavy atom. The van der Waals surface area contributed by atoms with Crippen molar-refractivity contribution in [1.29, 1.82) is 0 Å². The van der Waals surface area contributed by atoms with E-state index in [1.807, 2.05) is 18.2 Å². The summed E-state index contributed by atoms with van der Waals surface area (Å²) in [5.41, 5.74) is 8.47. The molecule has 0 aliphatic carbocycles. The fourth-order valence-electron chi connectivity index (χ4n) is 7.48. The molecule has 0 atom stereocenters. The first-order chi connectivity index (χ1) is 25.3. The van der Waals surface area contributed by atoms with E-state index in [0.717, 1.165) is 55.3 Å². The summed E-state index contributed by atoms with van der Waals surface area (Å²) in [5.74, 6) is 1.91. The lowest BCUT2D eigenvalue weighted by Gasteiger charge is -2.16. The van der Waals surface area contributed by atoms with Crippen LogP contribution in [0.4, 0.5) is 0 Å². The van der Waals surface area contributed by atoms with Crippen LogP contribution in [0.3, 0.4) is 0 Å². The van der Waals surface area contributed by atoms with E-state index < -0.39 is 0 Å². The average Bonchev–Trinajstić information content (AvgIpc) is 3.55. The van der Waals surface area contributed by atoms with Crippen LogP contribution in [-0.4, -0.2) is 19.5 Å². The molecule has 0 aliphatic heterocycles. The van der Waals surface area contributed by atoms with Crippen LogP contribution in [0.5, 0.6) is 0 Å². The largest absolute Gasteiger partial charge is 0.309 e. The maximum atomic E-state index is 5.27. The van der Waals surface area contributed by atoms with Crippen molar-refractivity contribution in [3.8, 4) is 51.0 Å². The molecule has 51 heavy (non-hydrogen) atoms. The van der Waals surface area contributed by atoms with Crippen LogP contribution < -0.4 is 0 Å². The van der Waals surface area contributed by atoms with Crippen molar-refractivity contribution in [2.24, 2.45) is 0 Å². The molecular weight excluding hydrogens is 621 g/mol. The Morgan fingerprint density at radius 1 is 0.314 bits per heavy atom. The summed E-state index contributed by atoms with van der Waals surface area (Å²) in [6.45, 7) is 0. The Hall–Kier alpha value is -6.91. The normalized spacial score (nSPS) is 11.5. The number of fused-ring (bicyclic) bond motifs is 6. The standard InChI is InChI=1S/C47H30N4/c1-3-15-31(16-4-1)36-28-27-34(30-44(36)51-42-25-13-11-23-39(42)40-24-12-14-26-43(40)51)46-48-45(32-17-5-2-6-18-32)49-47(50-46)41-29-33-19-7-8-20-35(33)37-21-9-10-22-38(37)41/h1-30H. The number of para-hydroxylation sites is 2. The number of rotatable bonds is 5. The Bertz CT molecular complexity index is 2860. The third kappa shape index (κ3) is 4.88. The summed E-state index contributed by atoms with van der Waals surface area (Å²) in [5, 5.41) is 7.08. The van der Waals surface area contributed by atoms with Crippen molar-refractivity contribution in [3.05, 3.63) is 182 Å². The molecule has 0 fully saturated rings. The van der Waals surface area contributed by atoms with Gasteiger partial charge in [0.2, 0.25) is 0 Å². The molecule has 0 unspecified atom stereocenters. The van der Waals surface area contributed by atoms with E-state index in [2.05, 4.69) is 168 Å². The quantitative estimate of drug-likeness (QED) is 0.174. The number of hydrogen-bond acceptors (Lipinski definition) is 3. The Balaban J connectivity index is 1.26. The van der Waals surface area contributed by atoms with Crippen LogP contribution in [0.25, 0.3) is 94.3 Å². The fraction of sp³-hybridized carbons (Fsp3) is 0. The van der Waals surface area contributed by atoms with Crippen molar-refractivity contribution in [3.63, 3.8) is 0 Å². The molecule has 4 heteroatoms. The van der Waals surface area contributed by atoms with E-state index in [4.69, 9.17) is 15.0 Å². The smallest absolute Gasteiger partial charge is 0.164 e. The van der Waals surface area contributed by atoms with Crippen molar-refractivity contribution < 1.29 is 0 Å². The summed E-state index contributed by atoms with van der Waals surface area (Å²) >= 11 is 0. The van der Waals surface area contributed by atoms with Crippen LogP contribution in [0.2, 0.25) is 0 Å². The molecule has 0 saturated carbocycles. The highest BCUT2D eigenvalue weighted by Gasteiger charge is 2.20. The van der Waals surface area contributed by atoms with Gasteiger partial charge in [-0.1, -0.05) is 158 Å². The number of benzene rings is 8. The lowest BCUT2D eigenvalue weighted by atomic mass is 9.96. The monoisotopic (exact) mass is 650 g/mol. The summed E-state index contributed by atoms with van der Waals surface area (Å²) in [6.07, 6.45) is 0. The molecule has 0 aliphatic rings. The first-order valence-electron chi connectivity index (χ1n) is 17.2. The molecule has 0 radical (unpaired) electrons. The van der Waals surface area contributed by atoms with Gasteiger partial charge in [0.1, 0.15) is 0 Å². The van der Waals surface area contributed by atoms with Gasteiger partial charge in [-0.3, -0.25) is 0 Å². The molecule has 10 rings (SSSR count). The van der Waals surface area contributed by atoms with Crippen LogP contribution in [0, 0.1) is 0 Å². The van der Waals surface area contributed by atoms with E-state index in [9.17, 15) is 0 Å². The van der Waals surface area contributed by atoms with Gasteiger partial charge in [0.05, 0.1) is 16.7 Å². The summed E-state index contributed by atoms with van der Waals surface area (Å²) in [6, 6.07) is 63.9. The number of aromatic nitrogens is 4.